The van der Waals surface area contributed by atoms with E-state index in [4.69, 9.17) is 0 Å². The fourth-order valence-corrected chi connectivity index (χ4v) is 2.37. The summed E-state index contributed by atoms with van der Waals surface area (Å²) in [5.74, 6) is 0.863. The van der Waals surface area contributed by atoms with Gasteiger partial charge in [-0.1, -0.05) is 37.6 Å². The van der Waals surface area contributed by atoms with Crippen LogP contribution < -0.4 is 0 Å². The van der Waals surface area contributed by atoms with Crippen LogP contribution in [0.15, 0.2) is 23.8 Å². The van der Waals surface area contributed by atoms with Crippen molar-refractivity contribution in [3.05, 3.63) is 23.8 Å². The Hall–Kier alpha value is -0.560. The summed E-state index contributed by atoms with van der Waals surface area (Å²) in [5, 5.41) is 10.6. The van der Waals surface area contributed by atoms with Gasteiger partial charge in [-0.2, -0.15) is 0 Å². The molecule has 0 aromatic rings. The van der Waals surface area contributed by atoms with Crippen LogP contribution in [0, 0.1) is 11.8 Å². The van der Waals surface area contributed by atoms with Gasteiger partial charge in [-0.15, -0.1) is 0 Å². The van der Waals surface area contributed by atoms with Gasteiger partial charge in [-0.25, -0.2) is 0 Å². The Kier molecular flexibility index (Phi) is 4.79. The van der Waals surface area contributed by atoms with E-state index in [9.17, 15) is 5.11 Å². The second-order valence-corrected chi connectivity index (χ2v) is 5.57. The summed E-state index contributed by atoms with van der Waals surface area (Å²) in [5.41, 5.74) is 0.804. The molecular formula is C15H26O. The maximum atomic E-state index is 10.6. The topological polar surface area (TPSA) is 20.2 Å². The minimum absolute atomic E-state index is 0.333. The molecule has 0 spiro atoms. The van der Waals surface area contributed by atoms with Crippen LogP contribution in [0.5, 0.6) is 0 Å². The number of hydrogen-bond donors (Lipinski definition) is 1. The number of aliphatic hydroxyl groups is 1. The fourth-order valence-electron chi connectivity index (χ4n) is 2.37. The molecule has 1 aliphatic rings. The lowest BCUT2D eigenvalue weighted by Crippen LogP contribution is -2.38. The van der Waals surface area contributed by atoms with E-state index in [1.807, 2.05) is 6.08 Å². The van der Waals surface area contributed by atoms with Gasteiger partial charge in [0.05, 0.1) is 5.60 Å². The highest BCUT2D eigenvalue weighted by Crippen LogP contribution is 2.35. The predicted molar refractivity (Wildman–Crippen MR) is 70.3 cm³/mol. The van der Waals surface area contributed by atoms with Crippen molar-refractivity contribution in [1.29, 1.82) is 0 Å². The number of hydrogen-bond acceptors (Lipinski definition) is 1. The van der Waals surface area contributed by atoms with Crippen molar-refractivity contribution >= 4 is 0 Å². The second-order valence-electron chi connectivity index (χ2n) is 5.57. The quantitative estimate of drug-likeness (QED) is 0.710. The molecule has 3 unspecified atom stereocenters. The Labute approximate surface area is 100 Å². The van der Waals surface area contributed by atoms with Crippen LogP contribution >= 0.6 is 0 Å². The van der Waals surface area contributed by atoms with E-state index in [-0.39, 0.29) is 0 Å². The van der Waals surface area contributed by atoms with Crippen LogP contribution in [-0.2, 0) is 0 Å². The molecular weight excluding hydrogens is 196 g/mol. The number of allylic oxidation sites excluding steroid dienone is 3. The lowest BCUT2D eigenvalue weighted by atomic mass is 9.74. The monoisotopic (exact) mass is 222 g/mol. The highest BCUT2D eigenvalue weighted by molar-refractivity contribution is 5.08. The van der Waals surface area contributed by atoms with Crippen molar-refractivity contribution in [2.75, 3.05) is 0 Å². The largest absolute Gasteiger partial charge is 0.386 e. The summed E-state index contributed by atoms with van der Waals surface area (Å²) in [6, 6.07) is 0. The number of rotatable bonds is 4. The molecule has 0 bridgehead atoms. The molecule has 1 rings (SSSR count). The first-order chi connectivity index (χ1) is 7.46. The second kappa shape index (κ2) is 5.67. The molecule has 0 amide bonds. The molecule has 1 nitrogen and oxygen atoms in total. The summed E-state index contributed by atoms with van der Waals surface area (Å²) < 4.78 is 0. The van der Waals surface area contributed by atoms with Gasteiger partial charge in [0, 0.05) is 0 Å². The van der Waals surface area contributed by atoms with Crippen LogP contribution in [0.2, 0.25) is 0 Å². The highest BCUT2D eigenvalue weighted by Gasteiger charge is 2.34. The van der Waals surface area contributed by atoms with Gasteiger partial charge in [0.15, 0.2) is 0 Å². The van der Waals surface area contributed by atoms with Crippen LogP contribution in [0.25, 0.3) is 0 Å². The Bertz CT molecular complexity index is 273. The van der Waals surface area contributed by atoms with Gasteiger partial charge in [-0.05, 0) is 51.4 Å². The van der Waals surface area contributed by atoms with E-state index < -0.39 is 5.60 Å². The zero-order valence-corrected chi connectivity index (χ0v) is 11.2. The van der Waals surface area contributed by atoms with Crippen LogP contribution in [0.1, 0.15) is 53.4 Å². The van der Waals surface area contributed by atoms with E-state index in [2.05, 4.69) is 39.8 Å². The van der Waals surface area contributed by atoms with Gasteiger partial charge >= 0.3 is 0 Å². The van der Waals surface area contributed by atoms with E-state index in [0.29, 0.717) is 11.8 Å². The van der Waals surface area contributed by atoms with E-state index in [1.165, 1.54) is 5.57 Å². The maximum Gasteiger partial charge on any atom is 0.0855 e. The molecule has 1 heteroatoms. The molecule has 16 heavy (non-hydrogen) atoms. The molecule has 0 fully saturated rings. The summed E-state index contributed by atoms with van der Waals surface area (Å²) in [7, 11) is 0. The van der Waals surface area contributed by atoms with Crippen molar-refractivity contribution in [2.24, 2.45) is 11.8 Å². The van der Waals surface area contributed by atoms with Crippen LogP contribution in [0.4, 0.5) is 0 Å². The molecule has 0 aromatic carbocycles. The Morgan fingerprint density at radius 3 is 2.62 bits per heavy atom. The third kappa shape index (κ3) is 3.48. The molecule has 0 radical (unpaired) electrons. The molecule has 1 N–H and O–H groups in total. The lowest BCUT2D eigenvalue weighted by molar-refractivity contribution is -0.0000850. The first kappa shape index (κ1) is 13.5. The van der Waals surface area contributed by atoms with Crippen molar-refractivity contribution in [3.8, 4) is 0 Å². The van der Waals surface area contributed by atoms with Gasteiger partial charge < -0.3 is 5.11 Å². The van der Waals surface area contributed by atoms with Crippen molar-refractivity contribution < 1.29 is 5.11 Å². The fraction of sp³-hybridized carbons (Fsp3) is 0.733. The smallest absolute Gasteiger partial charge is 0.0855 e. The third-order valence-electron chi connectivity index (χ3n) is 3.89. The molecule has 0 aromatic heterocycles. The molecule has 0 heterocycles. The predicted octanol–water partition coefficient (Wildman–Crippen LogP) is 4.09. The lowest BCUT2D eigenvalue weighted by Gasteiger charge is -2.37. The average molecular weight is 222 g/mol. The van der Waals surface area contributed by atoms with Gasteiger partial charge in [0.25, 0.3) is 0 Å². The molecule has 3 atom stereocenters. The first-order valence-corrected chi connectivity index (χ1v) is 6.49. The van der Waals surface area contributed by atoms with Gasteiger partial charge in [0.1, 0.15) is 0 Å². The SMILES string of the molecule is CC(C)=CCC(C)C(C)C1(O)C=CCCC1. The van der Waals surface area contributed by atoms with Gasteiger partial charge in [0.2, 0.25) is 0 Å². The van der Waals surface area contributed by atoms with E-state index >= 15 is 0 Å². The summed E-state index contributed by atoms with van der Waals surface area (Å²) in [6.07, 6.45) is 10.7. The van der Waals surface area contributed by atoms with Crippen molar-refractivity contribution in [3.63, 3.8) is 0 Å². The Morgan fingerprint density at radius 2 is 2.12 bits per heavy atom. The van der Waals surface area contributed by atoms with E-state index in [0.717, 1.165) is 25.7 Å². The minimum atomic E-state index is -0.562. The van der Waals surface area contributed by atoms with E-state index in [1.54, 1.807) is 0 Å². The Morgan fingerprint density at radius 1 is 1.44 bits per heavy atom. The van der Waals surface area contributed by atoms with Crippen LogP contribution in [0.3, 0.4) is 0 Å². The third-order valence-corrected chi connectivity index (χ3v) is 3.89. The van der Waals surface area contributed by atoms with Crippen molar-refractivity contribution in [1.82, 2.24) is 0 Å². The normalized spacial score (nSPS) is 28.6. The standard InChI is InChI=1S/C15H26O/c1-12(2)8-9-13(3)14(4)15(16)10-6-5-7-11-15/h6,8,10,13-14,16H,5,7,9,11H2,1-4H3. The first-order valence-electron chi connectivity index (χ1n) is 6.49. The molecule has 0 saturated heterocycles. The van der Waals surface area contributed by atoms with Crippen LogP contribution in [-0.4, -0.2) is 10.7 Å². The summed E-state index contributed by atoms with van der Waals surface area (Å²) in [4.78, 5) is 0. The molecule has 0 saturated carbocycles. The zero-order valence-electron chi connectivity index (χ0n) is 11.2. The summed E-state index contributed by atoms with van der Waals surface area (Å²) in [6.45, 7) is 8.68. The molecule has 0 aliphatic heterocycles. The maximum absolute atomic E-state index is 10.6. The Balaban J connectivity index is 2.61. The summed E-state index contributed by atoms with van der Waals surface area (Å²) >= 11 is 0. The minimum Gasteiger partial charge on any atom is -0.386 e. The molecule has 1 aliphatic carbocycles. The highest BCUT2D eigenvalue weighted by atomic mass is 16.3. The zero-order chi connectivity index (χ0) is 12.2. The average Bonchev–Trinajstić information content (AvgIpc) is 2.25. The van der Waals surface area contributed by atoms with Gasteiger partial charge in [-0.3, -0.25) is 0 Å². The molecule has 92 valence electrons. The van der Waals surface area contributed by atoms with Crippen molar-refractivity contribution in [2.45, 2.75) is 59.0 Å².